The van der Waals surface area contributed by atoms with Crippen LogP contribution in [-0.4, -0.2) is 34.8 Å². The minimum atomic E-state index is -0.0601. The fraction of sp³-hybridized carbons (Fsp3) is 0.529. The van der Waals surface area contributed by atoms with E-state index in [-0.39, 0.29) is 17.1 Å². The fourth-order valence-electron chi connectivity index (χ4n) is 1.86. The monoisotopic (exact) mass is 322 g/mol. The van der Waals surface area contributed by atoms with Crippen LogP contribution in [0.2, 0.25) is 0 Å². The Bertz CT molecular complexity index is 505. The predicted octanol–water partition coefficient (Wildman–Crippen LogP) is 3.53. The van der Waals surface area contributed by atoms with Crippen LogP contribution in [0.25, 0.3) is 0 Å². The molecule has 1 N–H and O–H groups in total. The Morgan fingerprint density at radius 3 is 2.73 bits per heavy atom. The lowest BCUT2D eigenvalue weighted by molar-refractivity contribution is -0.128. The van der Waals surface area contributed by atoms with Gasteiger partial charge in [-0.15, -0.1) is 11.8 Å². The molecule has 0 saturated heterocycles. The molecule has 1 aromatic carbocycles. The number of anilines is 1. The van der Waals surface area contributed by atoms with E-state index in [4.69, 9.17) is 0 Å². The highest BCUT2D eigenvalue weighted by molar-refractivity contribution is 8.00. The second kappa shape index (κ2) is 9.51. The van der Waals surface area contributed by atoms with E-state index in [2.05, 4.69) is 12.2 Å². The summed E-state index contributed by atoms with van der Waals surface area (Å²) in [6, 6.07) is 7.64. The van der Waals surface area contributed by atoms with Gasteiger partial charge in [0, 0.05) is 26.2 Å². The van der Waals surface area contributed by atoms with Crippen LogP contribution in [0.3, 0.4) is 0 Å². The molecule has 1 rings (SSSR count). The van der Waals surface area contributed by atoms with Gasteiger partial charge in [0.2, 0.25) is 11.8 Å². The quantitative estimate of drug-likeness (QED) is 0.745. The summed E-state index contributed by atoms with van der Waals surface area (Å²) in [6.45, 7) is 6.17. The van der Waals surface area contributed by atoms with Gasteiger partial charge in [-0.1, -0.05) is 25.5 Å². The number of benzene rings is 1. The summed E-state index contributed by atoms with van der Waals surface area (Å²) in [5, 5.41) is 2.89. The SMILES string of the molecule is CCCCS[C@@H](C)C(=O)Nc1cccc(CN(C)C(C)=O)c1. The van der Waals surface area contributed by atoms with E-state index in [1.54, 1.807) is 30.6 Å². The van der Waals surface area contributed by atoms with Crippen LogP contribution in [0.5, 0.6) is 0 Å². The number of rotatable bonds is 8. The number of carbonyl (C=O) groups excluding carboxylic acids is 2. The van der Waals surface area contributed by atoms with Crippen LogP contribution < -0.4 is 5.32 Å². The molecule has 0 unspecified atom stereocenters. The maximum Gasteiger partial charge on any atom is 0.237 e. The first-order valence-electron chi connectivity index (χ1n) is 7.67. The van der Waals surface area contributed by atoms with Gasteiger partial charge in [0.15, 0.2) is 0 Å². The second-order valence-corrected chi connectivity index (χ2v) is 6.88. The zero-order chi connectivity index (χ0) is 16.5. The van der Waals surface area contributed by atoms with Crippen molar-refractivity contribution in [2.24, 2.45) is 0 Å². The number of nitrogens with zero attached hydrogens (tertiary/aromatic N) is 1. The van der Waals surface area contributed by atoms with Crippen molar-refractivity contribution >= 4 is 29.3 Å². The first-order valence-corrected chi connectivity index (χ1v) is 8.72. The molecule has 0 heterocycles. The van der Waals surface area contributed by atoms with Crippen molar-refractivity contribution < 1.29 is 9.59 Å². The van der Waals surface area contributed by atoms with Crippen LogP contribution in [0.15, 0.2) is 24.3 Å². The molecular formula is C17H26N2O2S. The molecule has 0 saturated carbocycles. The van der Waals surface area contributed by atoms with Gasteiger partial charge >= 0.3 is 0 Å². The number of nitrogens with one attached hydrogen (secondary N) is 1. The van der Waals surface area contributed by atoms with Crippen molar-refractivity contribution in [3.8, 4) is 0 Å². The molecule has 0 fully saturated rings. The van der Waals surface area contributed by atoms with Gasteiger partial charge < -0.3 is 10.2 Å². The first-order chi connectivity index (χ1) is 10.4. The standard InChI is InChI=1S/C17H26N2O2S/c1-5-6-10-22-13(2)17(21)18-16-9-7-8-15(11-16)12-19(4)14(3)20/h7-9,11,13H,5-6,10,12H2,1-4H3,(H,18,21)/t13-/m0/s1. The van der Waals surface area contributed by atoms with Crippen molar-refractivity contribution in [1.82, 2.24) is 4.90 Å². The van der Waals surface area contributed by atoms with Gasteiger partial charge in [-0.05, 0) is 36.8 Å². The van der Waals surface area contributed by atoms with Gasteiger partial charge in [-0.25, -0.2) is 0 Å². The Hall–Kier alpha value is -1.49. The molecule has 0 aliphatic carbocycles. The smallest absolute Gasteiger partial charge is 0.237 e. The van der Waals surface area contributed by atoms with E-state index < -0.39 is 0 Å². The number of thioether (sulfide) groups is 1. The van der Waals surface area contributed by atoms with Crippen molar-refractivity contribution in [3.63, 3.8) is 0 Å². The summed E-state index contributed by atoms with van der Waals surface area (Å²) in [6.07, 6.45) is 2.28. The number of carbonyl (C=O) groups is 2. The van der Waals surface area contributed by atoms with Crippen LogP contribution in [0.1, 0.15) is 39.2 Å². The molecule has 122 valence electrons. The summed E-state index contributed by atoms with van der Waals surface area (Å²) in [5.41, 5.74) is 1.78. The fourth-order valence-corrected chi connectivity index (χ4v) is 2.88. The molecule has 0 aromatic heterocycles. The van der Waals surface area contributed by atoms with Crippen molar-refractivity contribution in [2.45, 2.75) is 45.4 Å². The lowest BCUT2D eigenvalue weighted by Crippen LogP contribution is -2.24. The molecule has 0 aliphatic heterocycles. The Labute approximate surface area is 137 Å². The van der Waals surface area contributed by atoms with Gasteiger partial charge in [0.05, 0.1) is 5.25 Å². The topological polar surface area (TPSA) is 49.4 Å². The van der Waals surface area contributed by atoms with E-state index in [9.17, 15) is 9.59 Å². The highest BCUT2D eigenvalue weighted by Gasteiger charge is 2.13. The predicted molar refractivity (Wildman–Crippen MR) is 94.0 cm³/mol. The molecule has 0 aliphatic rings. The third-order valence-electron chi connectivity index (χ3n) is 3.39. The number of hydrogen-bond donors (Lipinski definition) is 1. The molecule has 4 nitrogen and oxygen atoms in total. The zero-order valence-corrected chi connectivity index (χ0v) is 14.7. The Kier molecular flexibility index (Phi) is 8.02. The Morgan fingerprint density at radius 1 is 1.36 bits per heavy atom. The number of unbranched alkanes of at least 4 members (excludes halogenated alkanes) is 1. The average molecular weight is 322 g/mol. The molecular weight excluding hydrogens is 296 g/mol. The van der Waals surface area contributed by atoms with Gasteiger partial charge in [0.1, 0.15) is 0 Å². The average Bonchev–Trinajstić information content (AvgIpc) is 2.47. The van der Waals surface area contributed by atoms with Crippen LogP contribution in [0, 0.1) is 0 Å². The summed E-state index contributed by atoms with van der Waals surface area (Å²) in [4.78, 5) is 25.1. The maximum absolute atomic E-state index is 12.2. The van der Waals surface area contributed by atoms with Crippen LogP contribution in [-0.2, 0) is 16.1 Å². The molecule has 2 amide bonds. The highest BCUT2D eigenvalue weighted by Crippen LogP contribution is 2.17. The highest BCUT2D eigenvalue weighted by atomic mass is 32.2. The summed E-state index contributed by atoms with van der Waals surface area (Å²) >= 11 is 1.68. The molecule has 1 aromatic rings. The first kappa shape index (κ1) is 18.6. The normalized spacial score (nSPS) is 11.8. The third kappa shape index (κ3) is 6.52. The second-order valence-electron chi connectivity index (χ2n) is 5.43. The largest absolute Gasteiger partial charge is 0.342 e. The van der Waals surface area contributed by atoms with Crippen molar-refractivity contribution in [2.75, 3.05) is 18.1 Å². The van der Waals surface area contributed by atoms with Crippen molar-refractivity contribution in [1.29, 1.82) is 0 Å². The van der Waals surface area contributed by atoms with Crippen molar-refractivity contribution in [3.05, 3.63) is 29.8 Å². The molecule has 0 bridgehead atoms. The van der Waals surface area contributed by atoms with E-state index in [1.807, 2.05) is 31.2 Å². The Morgan fingerprint density at radius 2 is 2.09 bits per heavy atom. The number of hydrogen-bond acceptors (Lipinski definition) is 3. The Balaban J connectivity index is 2.58. The summed E-state index contributed by atoms with van der Waals surface area (Å²) in [7, 11) is 1.76. The molecule has 1 atom stereocenters. The maximum atomic E-state index is 12.2. The zero-order valence-electron chi connectivity index (χ0n) is 13.9. The van der Waals surface area contributed by atoms with Gasteiger partial charge in [-0.3, -0.25) is 9.59 Å². The minimum absolute atomic E-state index is 0.0235. The summed E-state index contributed by atoms with van der Waals surface area (Å²) < 4.78 is 0. The van der Waals surface area contributed by atoms with Gasteiger partial charge in [-0.2, -0.15) is 0 Å². The lowest BCUT2D eigenvalue weighted by Gasteiger charge is -2.16. The molecule has 0 radical (unpaired) electrons. The van der Waals surface area contributed by atoms with Gasteiger partial charge in [0.25, 0.3) is 0 Å². The van der Waals surface area contributed by atoms with Crippen LogP contribution >= 0.6 is 11.8 Å². The van der Waals surface area contributed by atoms with Crippen LogP contribution in [0.4, 0.5) is 5.69 Å². The molecule has 0 spiro atoms. The molecule has 5 heteroatoms. The summed E-state index contributed by atoms with van der Waals surface area (Å²) in [5.74, 6) is 1.06. The van der Waals surface area contributed by atoms with E-state index >= 15 is 0 Å². The number of amides is 2. The van der Waals surface area contributed by atoms with E-state index in [0.29, 0.717) is 6.54 Å². The minimum Gasteiger partial charge on any atom is -0.342 e. The third-order valence-corrected chi connectivity index (χ3v) is 4.63. The van der Waals surface area contributed by atoms with E-state index in [0.717, 1.165) is 29.8 Å². The lowest BCUT2D eigenvalue weighted by atomic mass is 10.2. The van der Waals surface area contributed by atoms with E-state index in [1.165, 1.54) is 0 Å². The molecule has 22 heavy (non-hydrogen) atoms.